The van der Waals surface area contributed by atoms with Crippen LogP contribution in [0.1, 0.15) is 36.0 Å². The molecule has 0 N–H and O–H groups in total. The van der Waals surface area contributed by atoms with Crippen LogP contribution in [0.25, 0.3) is 0 Å². The first-order valence-corrected chi connectivity index (χ1v) is 9.28. The van der Waals surface area contributed by atoms with Gasteiger partial charge in [-0.2, -0.15) is 0 Å². The van der Waals surface area contributed by atoms with E-state index in [-0.39, 0.29) is 0 Å². The first-order valence-electron chi connectivity index (χ1n) is 9.28. The monoisotopic (exact) mass is 334 g/mol. The SMILES string of the molecule is C(#CC(c1ccccc1)(c1ccccc1)c1ccccc1)C1=CCCC1. The second kappa shape index (κ2) is 7.46. The Morgan fingerprint density at radius 2 is 1.08 bits per heavy atom. The maximum Gasteiger partial charge on any atom is 0.107 e. The molecule has 1 aliphatic carbocycles. The van der Waals surface area contributed by atoms with Crippen molar-refractivity contribution in [1.29, 1.82) is 0 Å². The van der Waals surface area contributed by atoms with Crippen molar-refractivity contribution < 1.29 is 0 Å². The molecule has 1 aliphatic rings. The largest absolute Gasteiger partial charge is 0.107 e. The molecule has 0 unspecified atom stereocenters. The van der Waals surface area contributed by atoms with Crippen LogP contribution < -0.4 is 0 Å². The molecule has 0 radical (unpaired) electrons. The Morgan fingerprint density at radius 3 is 1.46 bits per heavy atom. The molecule has 0 aromatic heterocycles. The molecule has 0 heteroatoms. The molecular formula is C26H22. The molecule has 3 aromatic rings. The molecule has 126 valence electrons. The van der Waals surface area contributed by atoms with Crippen molar-refractivity contribution in [3.05, 3.63) is 119 Å². The zero-order valence-electron chi connectivity index (χ0n) is 14.9. The van der Waals surface area contributed by atoms with Crippen molar-refractivity contribution in [2.24, 2.45) is 0 Å². The van der Waals surface area contributed by atoms with Crippen molar-refractivity contribution >= 4 is 0 Å². The maximum absolute atomic E-state index is 3.71. The highest BCUT2D eigenvalue weighted by atomic mass is 14.3. The molecule has 26 heavy (non-hydrogen) atoms. The Bertz CT molecular complexity index is 842. The normalized spacial score (nSPS) is 13.6. The van der Waals surface area contributed by atoms with Crippen molar-refractivity contribution in [2.75, 3.05) is 0 Å². The van der Waals surface area contributed by atoms with Gasteiger partial charge in [0.2, 0.25) is 0 Å². The van der Waals surface area contributed by atoms with E-state index in [9.17, 15) is 0 Å². The Kier molecular flexibility index (Phi) is 4.71. The van der Waals surface area contributed by atoms with Crippen LogP contribution in [0.4, 0.5) is 0 Å². The summed E-state index contributed by atoms with van der Waals surface area (Å²) in [4.78, 5) is 0. The fraction of sp³-hybridized carbons (Fsp3) is 0.154. The van der Waals surface area contributed by atoms with Crippen LogP contribution in [0.2, 0.25) is 0 Å². The lowest BCUT2D eigenvalue weighted by molar-refractivity contribution is 0.808. The molecule has 0 spiro atoms. The van der Waals surface area contributed by atoms with E-state index in [2.05, 4.69) is 109 Å². The van der Waals surface area contributed by atoms with E-state index in [0.717, 1.165) is 12.8 Å². The van der Waals surface area contributed by atoms with E-state index in [1.54, 1.807) is 0 Å². The van der Waals surface area contributed by atoms with Gasteiger partial charge in [0.15, 0.2) is 0 Å². The lowest BCUT2D eigenvalue weighted by atomic mass is 9.70. The molecule has 4 rings (SSSR count). The third kappa shape index (κ3) is 3.09. The highest BCUT2D eigenvalue weighted by Crippen LogP contribution is 2.39. The number of hydrogen-bond acceptors (Lipinski definition) is 0. The van der Waals surface area contributed by atoms with Crippen molar-refractivity contribution in [3.63, 3.8) is 0 Å². The number of rotatable bonds is 3. The predicted octanol–water partition coefficient (Wildman–Crippen LogP) is 6.13. The lowest BCUT2D eigenvalue weighted by Crippen LogP contribution is -2.27. The van der Waals surface area contributed by atoms with Gasteiger partial charge >= 0.3 is 0 Å². The highest BCUT2D eigenvalue weighted by Gasteiger charge is 2.34. The smallest absolute Gasteiger partial charge is 0.0768 e. The summed E-state index contributed by atoms with van der Waals surface area (Å²) in [5.41, 5.74) is 4.44. The van der Waals surface area contributed by atoms with E-state index in [4.69, 9.17) is 0 Å². The van der Waals surface area contributed by atoms with Gasteiger partial charge in [-0.25, -0.2) is 0 Å². The van der Waals surface area contributed by atoms with Crippen LogP contribution in [0, 0.1) is 11.8 Å². The third-order valence-corrected chi connectivity index (χ3v) is 5.07. The van der Waals surface area contributed by atoms with Gasteiger partial charge in [-0.05, 0) is 41.5 Å². The van der Waals surface area contributed by atoms with Crippen LogP contribution in [-0.4, -0.2) is 0 Å². The Labute approximate surface area is 156 Å². The van der Waals surface area contributed by atoms with Gasteiger partial charge < -0.3 is 0 Å². The molecule has 3 aromatic carbocycles. The second-order valence-electron chi connectivity index (χ2n) is 6.72. The summed E-state index contributed by atoms with van der Waals surface area (Å²) >= 11 is 0. The first kappa shape index (κ1) is 16.4. The third-order valence-electron chi connectivity index (χ3n) is 5.07. The molecule has 0 nitrogen and oxygen atoms in total. The van der Waals surface area contributed by atoms with Crippen LogP contribution in [0.5, 0.6) is 0 Å². The summed E-state index contributed by atoms with van der Waals surface area (Å²) in [6, 6.07) is 32.0. The van der Waals surface area contributed by atoms with Crippen LogP contribution >= 0.6 is 0 Å². The fourth-order valence-corrected chi connectivity index (χ4v) is 3.74. The van der Waals surface area contributed by atoms with Crippen molar-refractivity contribution in [2.45, 2.75) is 24.7 Å². The van der Waals surface area contributed by atoms with Gasteiger partial charge in [0.25, 0.3) is 0 Å². The molecular weight excluding hydrogens is 312 g/mol. The lowest BCUT2D eigenvalue weighted by Gasteiger charge is -2.31. The summed E-state index contributed by atoms with van der Waals surface area (Å²) in [5, 5.41) is 0. The highest BCUT2D eigenvalue weighted by molar-refractivity contribution is 5.59. The second-order valence-corrected chi connectivity index (χ2v) is 6.72. The summed E-state index contributed by atoms with van der Waals surface area (Å²) in [5.74, 6) is 7.23. The molecule has 0 atom stereocenters. The minimum atomic E-state index is -0.465. The molecule has 0 amide bonds. The fourth-order valence-electron chi connectivity index (χ4n) is 3.74. The van der Waals surface area contributed by atoms with Crippen LogP contribution in [-0.2, 0) is 5.41 Å². The van der Waals surface area contributed by atoms with Crippen molar-refractivity contribution in [1.82, 2.24) is 0 Å². The van der Waals surface area contributed by atoms with Crippen LogP contribution in [0.15, 0.2) is 103 Å². The Balaban J connectivity index is 2.00. The number of allylic oxidation sites excluding steroid dienone is 2. The molecule has 0 saturated carbocycles. The summed E-state index contributed by atoms with van der Waals surface area (Å²) in [6.45, 7) is 0. The van der Waals surface area contributed by atoms with Gasteiger partial charge in [-0.1, -0.05) is 109 Å². The van der Waals surface area contributed by atoms with E-state index in [1.807, 2.05) is 0 Å². The first-order chi connectivity index (χ1) is 12.9. The standard InChI is InChI=1S/C26H22/c1-4-14-23(15-5-1)26(24-16-6-2-7-17-24,25-18-8-3-9-19-25)21-20-22-12-10-11-13-22/h1-9,12,14-19H,10-11,13H2. The van der Waals surface area contributed by atoms with Gasteiger partial charge in [0, 0.05) is 0 Å². The number of hydrogen-bond donors (Lipinski definition) is 0. The molecule has 0 saturated heterocycles. The molecule has 0 fully saturated rings. The minimum Gasteiger partial charge on any atom is -0.0768 e. The minimum absolute atomic E-state index is 0.465. The topological polar surface area (TPSA) is 0 Å². The predicted molar refractivity (Wildman–Crippen MR) is 109 cm³/mol. The maximum atomic E-state index is 3.71. The summed E-state index contributed by atoms with van der Waals surface area (Å²) < 4.78 is 0. The Morgan fingerprint density at radius 1 is 0.615 bits per heavy atom. The average molecular weight is 334 g/mol. The molecule has 0 heterocycles. The van der Waals surface area contributed by atoms with E-state index in [0.29, 0.717) is 0 Å². The van der Waals surface area contributed by atoms with Gasteiger partial charge in [0.1, 0.15) is 5.41 Å². The van der Waals surface area contributed by atoms with E-state index < -0.39 is 5.41 Å². The molecule has 0 aliphatic heterocycles. The zero-order chi connectivity index (χ0) is 17.7. The summed E-state index contributed by atoms with van der Waals surface area (Å²) in [6.07, 6.45) is 5.76. The van der Waals surface area contributed by atoms with Crippen LogP contribution in [0.3, 0.4) is 0 Å². The molecule has 0 bridgehead atoms. The van der Waals surface area contributed by atoms with Gasteiger partial charge in [0.05, 0.1) is 0 Å². The van der Waals surface area contributed by atoms with E-state index in [1.165, 1.54) is 28.7 Å². The number of benzene rings is 3. The van der Waals surface area contributed by atoms with E-state index >= 15 is 0 Å². The van der Waals surface area contributed by atoms with Gasteiger partial charge in [-0.15, -0.1) is 0 Å². The zero-order valence-corrected chi connectivity index (χ0v) is 14.9. The Hall–Kier alpha value is -3.04. The van der Waals surface area contributed by atoms with Gasteiger partial charge in [-0.3, -0.25) is 0 Å². The quantitative estimate of drug-likeness (QED) is 0.399. The summed E-state index contributed by atoms with van der Waals surface area (Å²) in [7, 11) is 0. The average Bonchev–Trinajstić information content (AvgIpc) is 3.25. The van der Waals surface area contributed by atoms with Crippen molar-refractivity contribution in [3.8, 4) is 11.8 Å².